The summed E-state index contributed by atoms with van der Waals surface area (Å²) in [4.78, 5) is 27.3. The van der Waals surface area contributed by atoms with Crippen LogP contribution in [0, 0.1) is 0 Å². The lowest BCUT2D eigenvalue weighted by molar-refractivity contribution is -0.144. The Kier molecular flexibility index (Phi) is 4.96. The van der Waals surface area contributed by atoms with E-state index in [2.05, 4.69) is 4.84 Å². The Balaban J connectivity index is 2.27. The van der Waals surface area contributed by atoms with Crippen LogP contribution in [0.3, 0.4) is 0 Å². The molecule has 3 N–H and O–H groups in total. The van der Waals surface area contributed by atoms with Gasteiger partial charge in [-0.2, -0.15) is 0 Å². The molecule has 8 heteroatoms. The minimum absolute atomic E-state index is 0.167. The number of carbonyl (C=O) groups excluding carboxylic acids is 1. The average molecular weight is 234 g/mol. The second-order valence-electron chi connectivity index (χ2n) is 3.21. The number of morpholine rings is 1. The van der Waals surface area contributed by atoms with E-state index in [0.717, 1.165) is 0 Å². The standard InChI is InChI=1S/C8H14N2O6/c11-4-6-3-10(1-2-15-6)8(14)9-16-5-7(12)13/h6,11H,1-5H2,(H,9,14)(H,12,13). The molecular formula is C8H14N2O6. The third kappa shape index (κ3) is 4.01. The summed E-state index contributed by atoms with van der Waals surface area (Å²) in [6, 6.07) is -0.539. The van der Waals surface area contributed by atoms with E-state index in [1.54, 1.807) is 0 Å². The number of aliphatic carboxylic acids is 1. The van der Waals surface area contributed by atoms with Gasteiger partial charge < -0.3 is 19.8 Å². The lowest BCUT2D eigenvalue weighted by atomic mass is 10.3. The molecule has 1 unspecified atom stereocenters. The number of hydrogen-bond donors (Lipinski definition) is 3. The molecule has 2 amide bonds. The lowest BCUT2D eigenvalue weighted by Gasteiger charge is -2.31. The minimum atomic E-state index is -1.17. The van der Waals surface area contributed by atoms with Crippen molar-refractivity contribution in [3.05, 3.63) is 0 Å². The highest BCUT2D eigenvalue weighted by Gasteiger charge is 2.23. The fourth-order valence-corrected chi connectivity index (χ4v) is 1.24. The van der Waals surface area contributed by atoms with Gasteiger partial charge in [0.25, 0.3) is 0 Å². The van der Waals surface area contributed by atoms with Crippen molar-refractivity contribution in [2.24, 2.45) is 0 Å². The summed E-state index contributed by atoms with van der Waals surface area (Å²) in [6.07, 6.45) is -0.404. The highest BCUT2D eigenvalue weighted by atomic mass is 16.7. The van der Waals surface area contributed by atoms with Crippen LogP contribution in [0.15, 0.2) is 0 Å². The highest BCUT2D eigenvalue weighted by molar-refractivity contribution is 5.73. The van der Waals surface area contributed by atoms with E-state index in [9.17, 15) is 9.59 Å². The highest BCUT2D eigenvalue weighted by Crippen LogP contribution is 2.04. The molecule has 0 radical (unpaired) electrons. The van der Waals surface area contributed by atoms with E-state index in [1.807, 2.05) is 5.48 Å². The van der Waals surface area contributed by atoms with Crippen molar-refractivity contribution < 1.29 is 29.4 Å². The van der Waals surface area contributed by atoms with Gasteiger partial charge in [0.2, 0.25) is 0 Å². The molecule has 1 rings (SSSR count). The van der Waals surface area contributed by atoms with E-state index in [0.29, 0.717) is 13.2 Å². The number of rotatable bonds is 4. The zero-order valence-electron chi connectivity index (χ0n) is 8.59. The number of nitrogens with one attached hydrogen (secondary N) is 1. The van der Waals surface area contributed by atoms with Crippen molar-refractivity contribution in [1.82, 2.24) is 10.4 Å². The SMILES string of the molecule is O=C(O)CONC(=O)N1CCOC(CO)C1. The first kappa shape index (κ1) is 12.7. The van der Waals surface area contributed by atoms with Gasteiger partial charge in [0.05, 0.1) is 25.9 Å². The van der Waals surface area contributed by atoms with E-state index in [-0.39, 0.29) is 13.2 Å². The molecule has 0 bridgehead atoms. The van der Waals surface area contributed by atoms with Gasteiger partial charge in [0, 0.05) is 6.54 Å². The molecule has 0 aliphatic carbocycles. The molecule has 1 saturated heterocycles. The number of carbonyl (C=O) groups is 2. The maximum absolute atomic E-state index is 11.4. The molecule has 8 nitrogen and oxygen atoms in total. The third-order valence-corrected chi connectivity index (χ3v) is 1.98. The minimum Gasteiger partial charge on any atom is -0.479 e. The summed E-state index contributed by atoms with van der Waals surface area (Å²) in [5.74, 6) is -1.17. The number of carboxylic acids is 1. The Bertz CT molecular complexity index is 259. The van der Waals surface area contributed by atoms with Crippen LogP contribution in [0.2, 0.25) is 0 Å². The van der Waals surface area contributed by atoms with Crippen molar-refractivity contribution >= 4 is 12.0 Å². The summed E-state index contributed by atoms with van der Waals surface area (Å²) >= 11 is 0. The van der Waals surface area contributed by atoms with Crippen molar-refractivity contribution in [3.63, 3.8) is 0 Å². The van der Waals surface area contributed by atoms with Crippen LogP contribution in [0.1, 0.15) is 0 Å². The molecule has 0 aromatic heterocycles. The van der Waals surface area contributed by atoms with Crippen LogP contribution in [0.25, 0.3) is 0 Å². The molecule has 16 heavy (non-hydrogen) atoms. The molecule has 0 saturated carbocycles. The summed E-state index contributed by atoms with van der Waals surface area (Å²) < 4.78 is 5.14. The number of aliphatic hydroxyl groups excluding tert-OH is 1. The fourth-order valence-electron chi connectivity index (χ4n) is 1.24. The third-order valence-electron chi connectivity index (χ3n) is 1.98. The van der Waals surface area contributed by atoms with Crippen LogP contribution < -0.4 is 5.48 Å². The monoisotopic (exact) mass is 234 g/mol. The van der Waals surface area contributed by atoms with Crippen molar-refractivity contribution in [2.75, 3.05) is 32.9 Å². The van der Waals surface area contributed by atoms with E-state index in [4.69, 9.17) is 14.9 Å². The molecule has 0 spiro atoms. The van der Waals surface area contributed by atoms with Crippen LogP contribution >= 0.6 is 0 Å². The Labute approximate surface area is 91.7 Å². The molecule has 1 atom stereocenters. The van der Waals surface area contributed by atoms with Crippen LogP contribution in [0.5, 0.6) is 0 Å². The van der Waals surface area contributed by atoms with Gasteiger partial charge in [-0.1, -0.05) is 0 Å². The van der Waals surface area contributed by atoms with Crippen molar-refractivity contribution in [2.45, 2.75) is 6.10 Å². The molecule has 1 aliphatic rings. The van der Waals surface area contributed by atoms with Crippen LogP contribution in [0.4, 0.5) is 4.79 Å². The van der Waals surface area contributed by atoms with Crippen LogP contribution in [-0.4, -0.2) is 66.1 Å². The molecular weight excluding hydrogens is 220 g/mol. The van der Waals surface area contributed by atoms with Gasteiger partial charge in [-0.3, -0.25) is 4.84 Å². The van der Waals surface area contributed by atoms with Crippen LogP contribution in [-0.2, 0) is 14.4 Å². The Morgan fingerprint density at radius 1 is 1.56 bits per heavy atom. The van der Waals surface area contributed by atoms with Crippen molar-refractivity contribution in [3.8, 4) is 0 Å². The molecule has 1 heterocycles. The maximum atomic E-state index is 11.4. The number of hydrogen-bond acceptors (Lipinski definition) is 5. The maximum Gasteiger partial charge on any atom is 0.341 e. The first-order valence-corrected chi connectivity index (χ1v) is 4.74. The number of aliphatic hydroxyl groups is 1. The van der Waals surface area contributed by atoms with Gasteiger partial charge >= 0.3 is 12.0 Å². The molecule has 92 valence electrons. The summed E-state index contributed by atoms with van der Waals surface area (Å²) in [6.45, 7) is 0.189. The first-order valence-electron chi connectivity index (χ1n) is 4.74. The van der Waals surface area contributed by atoms with Gasteiger partial charge in [-0.05, 0) is 0 Å². The predicted molar refractivity (Wildman–Crippen MR) is 50.5 cm³/mol. The second-order valence-corrected chi connectivity index (χ2v) is 3.21. The summed E-state index contributed by atoms with van der Waals surface area (Å²) in [5.41, 5.74) is 2.00. The summed E-state index contributed by atoms with van der Waals surface area (Å²) in [5, 5.41) is 17.1. The largest absolute Gasteiger partial charge is 0.479 e. The number of carboxylic acid groups (broad SMARTS) is 1. The molecule has 0 aromatic rings. The fraction of sp³-hybridized carbons (Fsp3) is 0.750. The lowest BCUT2D eigenvalue weighted by Crippen LogP contribution is -2.50. The van der Waals surface area contributed by atoms with Gasteiger partial charge in [-0.25, -0.2) is 15.1 Å². The number of hydroxylamine groups is 1. The first-order chi connectivity index (χ1) is 7.63. The normalized spacial score (nSPS) is 20.6. The van der Waals surface area contributed by atoms with Gasteiger partial charge in [0.1, 0.15) is 0 Å². The second kappa shape index (κ2) is 6.26. The van der Waals surface area contributed by atoms with Crippen molar-refractivity contribution in [1.29, 1.82) is 0 Å². The number of urea groups is 1. The zero-order valence-corrected chi connectivity index (χ0v) is 8.59. The Morgan fingerprint density at radius 3 is 2.94 bits per heavy atom. The Morgan fingerprint density at radius 2 is 2.31 bits per heavy atom. The number of nitrogens with zero attached hydrogens (tertiary/aromatic N) is 1. The smallest absolute Gasteiger partial charge is 0.341 e. The number of ether oxygens (including phenoxy) is 1. The van der Waals surface area contributed by atoms with E-state index >= 15 is 0 Å². The topological polar surface area (TPSA) is 108 Å². The summed E-state index contributed by atoms with van der Waals surface area (Å²) in [7, 11) is 0. The molecule has 1 fully saturated rings. The van der Waals surface area contributed by atoms with Gasteiger partial charge in [-0.15, -0.1) is 0 Å². The average Bonchev–Trinajstić information content (AvgIpc) is 2.28. The van der Waals surface area contributed by atoms with Gasteiger partial charge in [0.15, 0.2) is 6.61 Å². The number of amides is 2. The molecule has 0 aromatic carbocycles. The zero-order chi connectivity index (χ0) is 12.0. The molecule has 1 aliphatic heterocycles. The predicted octanol–water partition coefficient (Wildman–Crippen LogP) is -1.59. The van der Waals surface area contributed by atoms with E-state index in [1.165, 1.54) is 4.90 Å². The van der Waals surface area contributed by atoms with E-state index < -0.39 is 24.7 Å². The Hall–Kier alpha value is -1.38. The quantitative estimate of drug-likeness (QED) is 0.506.